The lowest BCUT2D eigenvalue weighted by Crippen LogP contribution is -2.17. The molecule has 0 radical (unpaired) electrons. The van der Waals surface area contributed by atoms with Crippen molar-refractivity contribution in [3.05, 3.63) is 72.2 Å². The second-order valence-electron chi connectivity index (χ2n) is 7.26. The van der Waals surface area contributed by atoms with Crippen LogP contribution in [0.2, 0.25) is 0 Å². The summed E-state index contributed by atoms with van der Waals surface area (Å²) in [6.45, 7) is 6.44. The van der Waals surface area contributed by atoms with Gasteiger partial charge in [-0.25, -0.2) is 4.39 Å². The lowest BCUT2D eigenvalue weighted by molar-refractivity contribution is 0.339. The van der Waals surface area contributed by atoms with E-state index in [1.54, 1.807) is 12.1 Å². The standard InChI is InChI=1S/C23H28FN/c1-18-8-6-12-22(16-18)25(23-13-7-11-21(24)17-23)19(2)14-15-20-9-4-3-5-10-20/h6-8,11-13,16-17,20H,2-5,9-10,14-15H2,1H3. The normalized spacial score (nSPS) is 15.1. The Kier molecular flexibility index (Phi) is 5.91. The molecule has 0 aromatic heterocycles. The van der Waals surface area contributed by atoms with Crippen molar-refractivity contribution in [1.29, 1.82) is 0 Å². The first-order valence-corrected chi connectivity index (χ1v) is 9.43. The zero-order valence-electron chi connectivity index (χ0n) is 15.2. The molecule has 0 bridgehead atoms. The first-order valence-electron chi connectivity index (χ1n) is 9.43. The van der Waals surface area contributed by atoms with Crippen molar-refractivity contribution in [2.75, 3.05) is 4.90 Å². The molecular formula is C23H28FN. The zero-order chi connectivity index (χ0) is 17.6. The minimum Gasteiger partial charge on any atom is -0.315 e. The van der Waals surface area contributed by atoms with Crippen LogP contribution in [0.1, 0.15) is 50.5 Å². The molecule has 25 heavy (non-hydrogen) atoms. The van der Waals surface area contributed by atoms with Gasteiger partial charge < -0.3 is 4.90 Å². The van der Waals surface area contributed by atoms with E-state index in [2.05, 4.69) is 36.6 Å². The van der Waals surface area contributed by atoms with Gasteiger partial charge in [0.1, 0.15) is 5.82 Å². The molecule has 0 N–H and O–H groups in total. The van der Waals surface area contributed by atoms with Gasteiger partial charge in [0.15, 0.2) is 0 Å². The Morgan fingerprint density at radius 3 is 2.40 bits per heavy atom. The lowest BCUT2D eigenvalue weighted by Gasteiger charge is -2.29. The fraction of sp³-hybridized carbons (Fsp3) is 0.391. The van der Waals surface area contributed by atoms with Crippen LogP contribution in [0.4, 0.5) is 15.8 Å². The highest BCUT2D eigenvalue weighted by Crippen LogP contribution is 2.34. The van der Waals surface area contributed by atoms with Crippen LogP contribution >= 0.6 is 0 Å². The van der Waals surface area contributed by atoms with Crippen LogP contribution < -0.4 is 4.90 Å². The number of anilines is 2. The minimum absolute atomic E-state index is 0.213. The smallest absolute Gasteiger partial charge is 0.125 e. The lowest BCUT2D eigenvalue weighted by atomic mass is 9.86. The highest BCUT2D eigenvalue weighted by molar-refractivity contribution is 5.68. The van der Waals surface area contributed by atoms with Gasteiger partial charge in [0.2, 0.25) is 0 Å². The van der Waals surface area contributed by atoms with Crippen LogP contribution in [0.5, 0.6) is 0 Å². The molecule has 0 heterocycles. The molecule has 1 aliphatic rings. The molecule has 0 unspecified atom stereocenters. The van der Waals surface area contributed by atoms with Gasteiger partial charge in [-0.1, -0.05) is 56.9 Å². The molecule has 0 saturated heterocycles. The Hall–Kier alpha value is -2.09. The van der Waals surface area contributed by atoms with E-state index in [1.807, 2.05) is 12.1 Å². The van der Waals surface area contributed by atoms with Gasteiger partial charge in [-0.15, -0.1) is 0 Å². The minimum atomic E-state index is -0.213. The monoisotopic (exact) mass is 337 g/mol. The number of allylic oxidation sites excluding steroid dienone is 1. The van der Waals surface area contributed by atoms with Crippen LogP contribution in [0.3, 0.4) is 0 Å². The van der Waals surface area contributed by atoms with Crippen molar-refractivity contribution in [2.24, 2.45) is 5.92 Å². The maximum Gasteiger partial charge on any atom is 0.125 e. The van der Waals surface area contributed by atoms with Gasteiger partial charge in [-0.05, 0) is 61.6 Å². The molecule has 1 nitrogen and oxygen atoms in total. The Labute approximate surface area is 151 Å². The summed E-state index contributed by atoms with van der Waals surface area (Å²) in [6, 6.07) is 15.1. The third-order valence-electron chi connectivity index (χ3n) is 5.21. The molecule has 1 fully saturated rings. The second kappa shape index (κ2) is 8.33. The molecule has 0 atom stereocenters. The van der Waals surface area contributed by atoms with E-state index >= 15 is 0 Å². The van der Waals surface area contributed by atoms with Crippen molar-refractivity contribution < 1.29 is 4.39 Å². The molecule has 2 heteroatoms. The zero-order valence-corrected chi connectivity index (χ0v) is 15.2. The predicted molar refractivity (Wildman–Crippen MR) is 105 cm³/mol. The topological polar surface area (TPSA) is 3.24 Å². The number of nitrogens with zero attached hydrogens (tertiary/aromatic N) is 1. The first kappa shape index (κ1) is 17.7. The number of benzene rings is 2. The average molecular weight is 337 g/mol. The predicted octanol–water partition coefficient (Wildman–Crippen LogP) is 7.15. The van der Waals surface area contributed by atoms with Gasteiger partial charge >= 0.3 is 0 Å². The molecule has 0 aliphatic heterocycles. The molecule has 1 saturated carbocycles. The van der Waals surface area contributed by atoms with Gasteiger partial charge in [0.25, 0.3) is 0 Å². The van der Waals surface area contributed by atoms with E-state index in [9.17, 15) is 4.39 Å². The molecule has 0 spiro atoms. The van der Waals surface area contributed by atoms with Gasteiger partial charge in [-0.3, -0.25) is 0 Å². The fourth-order valence-electron chi connectivity index (χ4n) is 3.85. The van der Waals surface area contributed by atoms with Crippen LogP contribution in [0, 0.1) is 18.7 Å². The SMILES string of the molecule is C=C(CCC1CCCCC1)N(c1cccc(C)c1)c1cccc(F)c1. The maximum absolute atomic E-state index is 13.8. The number of rotatable bonds is 6. The number of hydrogen-bond donors (Lipinski definition) is 0. The summed E-state index contributed by atoms with van der Waals surface area (Å²) < 4.78 is 13.8. The number of halogens is 1. The maximum atomic E-state index is 13.8. The summed E-state index contributed by atoms with van der Waals surface area (Å²) in [6.07, 6.45) is 8.93. The summed E-state index contributed by atoms with van der Waals surface area (Å²) in [5.74, 6) is 0.604. The van der Waals surface area contributed by atoms with Gasteiger partial charge in [0.05, 0.1) is 0 Å². The van der Waals surface area contributed by atoms with E-state index in [1.165, 1.54) is 50.2 Å². The number of aryl methyl sites for hydroxylation is 1. The van der Waals surface area contributed by atoms with Crippen molar-refractivity contribution in [1.82, 2.24) is 0 Å². The van der Waals surface area contributed by atoms with Gasteiger partial charge in [-0.2, -0.15) is 0 Å². The highest BCUT2D eigenvalue weighted by Gasteiger charge is 2.17. The molecule has 2 aromatic carbocycles. The molecule has 2 aromatic rings. The molecule has 132 valence electrons. The number of hydrogen-bond acceptors (Lipinski definition) is 1. The van der Waals surface area contributed by atoms with E-state index in [0.29, 0.717) is 0 Å². The Morgan fingerprint density at radius 1 is 1.04 bits per heavy atom. The summed E-state index contributed by atoms with van der Waals surface area (Å²) in [5, 5.41) is 0. The van der Waals surface area contributed by atoms with E-state index < -0.39 is 0 Å². The Bertz CT molecular complexity index is 670. The summed E-state index contributed by atoms with van der Waals surface area (Å²) >= 11 is 0. The molecule has 0 amide bonds. The molecule has 1 aliphatic carbocycles. The van der Waals surface area contributed by atoms with E-state index in [0.717, 1.165) is 29.4 Å². The molecular weight excluding hydrogens is 309 g/mol. The third-order valence-corrected chi connectivity index (χ3v) is 5.21. The van der Waals surface area contributed by atoms with Crippen molar-refractivity contribution in [2.45, 2.75) is 51.9 Å². The van der Waals surface area contributed by atoms with Crippen LogP contribution in [0.25, 0.3) is 0 Å². The average Bonchev–Trinajstić information content (AvgIpc) is 2.61. The van der Waals surface area contributed by atoms with Crippen LogP contribution in [0.15, 0.2) is 60.8 Å². The quantitative estimate of drug-likeness (QED) is 0.541. The summed E-state index contributed by atoms with van der Waals surface area (Å²) in [7, 11) is 0. The summed E-state index contributed by atoms with van der Waals surface area (Å²) in [5.41, 5.74) is 4.14. The summed E-state index contributed by atoms with van der Waals surface area (Å²) in [4.78, 5) is 2.11. The van der Waals surface area contributed by atoms with E-state index in [4.69, 9.17) is 0 Å². The van der Waals surface area contributed by atoms with Crippen molar-refractivity contribution in [3.8, 4) is 0 Å². The van der Waals surface area contributed by atoms with E-state index in [-0.39, 0.29) is 5.82 Å². The van der Waals surface area contributed by atoms with Crippen molar-refractivity contribution >= 4 is 11.4 Å². The largest absolute Gasteiger partial charge is 0.315 e. The Morgan fingerprint density at radius 2 is 1.72 bits per heavy atom. The second-order valence-corrected chi connectivity index (χ2v) is 7.26. The van der Waals surface area contributed by atoms with Crippen LogP contribution in [-0.4, -0.2) is 0 Å². The van der Waals surface area contributed by atoms with Gasteiger partial charge in [0, 0.05) is 17.1 Å². The third kappa shape index (κ3) is 4.72. The molecule has 3 rings (SSSR count). The van der Waals surface area contributed by atoms with Crippen molar-refractivity contribution in [3.63, 3.8) is 0 Å². The highest BCUT2D eigenvalue weighted by atomic mass is 19.1. The van der Waals surface area contributed by atoms with Crippen LogP contribution in [-0.2, 0) is 0 Å². The first-order chi connectivity index (χ1) is 12.1. The Balaban J connectivity index is 1.81. The fourth-order valence-corrected chi connectivity index (χ4v) is 3.85.